The summed E-state index contributed by atoms with van der Waals surface area (Å²) in [5.74, 6) is -1.20. The number of carbonyl (C=O) groups is 1. The van der Waals surface area contributed by atoms with E-state index in [1.54, 1.807) is 0 Å². The third kappa shape index (κ3) is 3.32. The van der Waals surface area contributed by atoms with Gasteiger partial charge in [-0.1, -0.05) is 17.4 Å². The van der Waals surface area contributed by atoms with Gasteiger partial charge in [0.2, 0.25) is 10.0 Å². The standard InChI is InChI=1S/C11H10N2O5S2/c14-10(15)7-2-1-3-9(4-7)20(17,18)12-5-8-6-19-11(16)13-8/h1-4,6,12H,5H2,(H,13,16)(H,14,15). The van der Waals surface area contributed by atoms with Gasteiger partial charge < -0.3 is 10.1 Å². The summed E-state index contributed by atoms with van der Waals surface area (Å²) in [4.78, 5) is 23.8. The van der Waals surface area contributed by atoms with Crippen molar-refractivity contribution in [2.45, 2.75) is 11.4 Å². The van der Waals surface area contributed by atoms with Crippen LogP contribution in [0.25, 0.3) is 0 Å². The number of aromatic nitrogens is 1. The molecule has 0 fully saturated rings. The topological polar surface area (TPSA) is 116 Å². The zero-order valence-electron chi connectivity index (χ0n) is 9.99. The maximum atomic E-state index is 12.0. The lowest BCUT2D eigenvalue weighted by atomic mass is 10.2. The van der Waals surface area contributed by atoms with Gasteiger partial charge in [0, 0.05) is 11.1 Å². The fraction of sp³-hybridized carbons (Fsp3) is 0.0909. The molecule has 2 rings (SSSR count). The first-order chi connectivity index (χ1) is 9.38. The van der Waals surface area contributed by atoms with Crippen LogP contribution in [0.5, 0.6) is 0 Å². The summed E-state index contributed by atoms with van der Waals surface area (Å²) < 4.78 is 26.3. The van der Waals surface area contributed by atoms with Crippen LogP contribution in [0.2, 0.25) is 0 Å². The third-order valence-electron chi connectivity index (χ3n) is 2.41. The quantitative estimate of drug-likeness (QED) is 0.748. The number of aromatic amines is 1. The van der Waals surface area contributed by atoms with E-state index in [-0.39, 0.29) is 21.9 Å². The smallest absolute Gasteiger partial charge is 0.335 e. The molecule has 0 spiro atoms. The van der Waals surface area contributed by atoms with Crippen molar-refractivity contribution >= 4 is 27.3 Å². The van der Waals surface area contributed by atoms with E-state index in [4.69, 9.17) is 5.11 Å². The lowest BCUT2D eigenvalue weighted by molar-refractivity contribution is 0.0696. The number of carboxylic acids is 1. The molecule has 9 heteroatoms. The minimum absolute atomic E-state index is 0.0711. The Hall–Kier alpha value is -1.97. The maximum Gasteiger partial charge on any atom is 0.335 e. The molecular weight excluding hydrogens is 304 g/mol. The van der Waals surface area contributed by atoms with Crippen molar-refractivity contribution in [3.8, 4) is 0 Å². The highest BCUT2D eigenvalue weighted by atomic mass is 32.2. The Morgan fingerprint density at radius 2 is 2.15 bits per heavy atom. The summed E-state index contributed by atoms with van der Waals surface area (Å²) in [7, 11) is -3.84. The van der Waals surface area contributed by atoms with E-state index in [0.29, 0.717) is 5.69 Å². The van der Waals surface area contributed by atoms with Crippen LogP contribution < -0.4 is 9.60 Å². The molecule has 1 aromatic heterocycles. The normalized spacial score (nSPS) is 11.4. The molecule has 0 aliphatic heterocycles. The van der Waals surface area contributed by atoms with Crippen LogP contribution in [0.4, 0.5) is 0 Å². The average Bonchev–Trinajstić information content (AvgIpc) is 2.82. The number of rotatable bonds is 5. The first-order valence-electron chi connectivity index (χ1n) is 5.38. The Labute approximate surface area is 118 Å². The molecule has 7 nitrogen and oxygen atoms in total. The van der Waals surface area contributed by atoms with Crippen molar-refractivity contribution in [1.82, 2.24) is 9.71 Å². The lowest BCUT2D eigenvalue weighted by Crippen LogP contribution is -2.24. The molecule has 20 heavy (non-hydrogen) atoms. The molecule has 0 aliphatic rings. The molecule has 1 aromatic carbocycles. The summed E-state index contributed by atoms with van der Waals surface area (Å²) in [6.45, 7) is -0.0711. The van der Waals surface area contributed by atoms with E-state index in [9.17, 15) is 18.0 Å². The minimum Gasteiger partial charge on any atom is -0.478 e. The number of thiazole rings is 1. The molecule has 2 aromatic rings. The van der Waals surface area contributed by atoms with Gasteiger partial charge in [-0.3, -0.25) is 4.79 Å². The van der Waals surface area contributed by atoms with Crippen LogP contribution in [0.15, 0.2) is 39.3 Å². The Balaban J connectivity index is 2.20. The van der Waals surface area contributed by atoms with Crippen molar-refractivity contribution in [1.29, 1.82) is 0 Å². The molecular formula is C11H10N2O5S2. The van der Waals surface area contributed by atoms with Crippen LogP contribution in [0.1, 0.15) is 16.1 Å². The second-order valence-electron chi connectivity index (χ2n) is 3.83. The molecule has 0 saturated heterocycles. The molecule has 0 aliphatic carbocycles. The maximum absolute atomic E-state index is 12.0. The molecule has 0 bridgehead atoms. The Morgan fingerprint density at radius 3 is 2.75 bits per heavy atom. The highest BCUT2D eigenvalue weighted by Gasteiger charge is 2.16. The molecule has 0 amide bonds. The van der Waals surface area contributed by atoms with Crippen molar-refractivity contribution in [2.24, 2.45) is 0 Å². The predicted octanol–water partition coefficient (Wildman–Crippen LogP) is 0.613. The summed E-state index contributed by atoms with van der Waals surface area (Å²) in [6, 6.07) is 5.02. The van der Waals surface area contributed by atoms with Crippen LogP contribution in [0.3, 0.4) is 0 Å². The van der Waals surface area contributed by atoms with Crippen molar-refractivity contribution in [3.05, 3.63) is 50.6 Å². The van der Waals surface area contributed by atoms with Gasteiger partial charge in [-0.2, -0.15) is 0 Å². The third-order valence-corrected chi connectivity index (χ3v) is 4.53. The lowest BCUT2D eigenvalue weighted by Gasteiger charge is -2.06. The monoisotopic (exact) mass is 314 g/mol. The van der Waals surface area contributed by atoms with E-state index < -0.39 is 16.0 Å². The largest absolute Gasteiger partial charge is 0.478 e. The molecule has 0 atom stereocenters. The molecule has 0 radical (unpaired) electrons. The molecule has 106 valence electrons. The van der Waals surface area contributed by atoms with E-state index in [1.165, 1.54) is 23.6 Å². The van der Waals surface area contributed by atoms with Gasteiger partial charge in [0.25, 0.3) is 0 Å². The number of hydrogen-bond donors (Lipinski definition) is 3. The summed E-state index contributed by atoms with van der Waals surface area (Å²) in [6.07, 6.45) is 0. The van der Waals surface area contributed by atoms with E-state index in [1.807, 2.05) is 0 Å². The number of nitrogens with one attached hydrogen (secondary N) is 2. The highest BCUT2D eigenvalue weighted by molar-refractivity contribution is 7.89. The first-order valence-corrected chi connectivity index (χ1v) is 7.74. The summed E-state index contributed by atoms with van der Waals surface area (Å²) in [5.41, 5.74) is 0.328. The van der Waals surface area contributed by atoms with Gasteiger partial charge in [0.05, 0.1) is 17.0 Å². The number of hydrogen-bond acceptors (Lipinski definition) is 5. The Morgan fingerprint density at radius 1 is 1.40 bits per heavy atom. The molecule has 0 unspecified atom stereocenters. The van der Waals surface area contributed by atoms with E-state index in [0.717, 1.165) is 17.4 Å². The number of H-pyrrole nitrogens is 1. The minimum atomic E-state index is -3.84. The number of carboxylic acid groups (broad SMARTS) is 1. The van der Waals surface area contributed by atoms with Crippen molar-refractivity contribution in [2.75, 3.05) is 0 Å². The second kappa shape index (κ2) is 5.57. The van der Waals surface area contributed by atoms with Crippen LogP contribution >= 0.6 is 11.3 Å². The van der Waals surface area contributed by atoms with Crippen LogP contribution in [-0.4, -0.2) is 24.5 Å². The van der Waals surface area contributed by atoms with Crippen molar-refractivity contribution < 1.29 is 18.3 Å². The van der Waals surface area contributed by atoms with Gasteiger partial charge >= 0.3 is 10.8 Å². The van der Waals surface area contributed by atoms with Gasteiger partial charge in [0.1, 0.15) is 0 Å². The zero-order valence-corrected chi connectivity index (χ0v) is 11.6. The van der Waals surface area contributed by atoms with E-state index in [2.05, 4.69) is 9.71 Å². The van der Waals surface area contributed by atoms with Gasteiger partial charge in [0.15, 0.2) is 0 Å². The van der Waals surface area contributed by atoms with Crippen LogP contribution in [0, 0.1) is 0 Å². The number of sulfonamides is 1. The van der Waals surface area contributed by atoms with E-state index >= 15 is 0 Å². The zero-order chi connectivity index (χ0) is 14.8. The fourth-order valence-corrected chi connectivity index (χ4v) is 3.09. The highest BCUT2D eigenvalue weighted by Crippen LogP contribution is 2.12. The summed E-state index contributed by atoms with van der Waals surface area (Å²) in [5, 5.41) is 10.3. The molecule has 1 heterocycles. The Bertz CT molecular complexity index is 791. The second-order valence-corrected chi connectivity index (χ2v) is 6.44. The molecule has 0 saturated carbocycles. The van der Waals surface area contributed by atoms with Gasteiger partial charge in [-0.05, 0) is 18.2 Å². The van der Waals surface area contributed by atoms with Crippen LogP contribution in [-0.2, 0) is 16.6 Å². The van der Waals surface area contributed by atoms with Gasteiger partial charge in [-0.25, -0.2) is 17.9 Å². The fourth-order valence-electron chi connectivity index (χ4n) is 1.45. The number of aromatic carboxylic acids is 1. The number of benzene rings is 1. The predicted molar refractivity (Wildman–Crippen MR) is 72.4 cm³/mol. The molecule has 3 N–H and O–H groups in total. The Kier molecular flexibility index (Phi) is 4.02. The SMILES string of the molecule is O=C(O)c1cccc(S(=O)(=O)NCc2csc(=O)[nH]2)c1. The van der Waals surface area contributed by atoms with Gasteiger partial charge in [-0.15, -0.1) is 0 Å². The first kappa shape index (κ1) is 14.4. The average molecular weight is 314 g/mol. The summed E-state index contributed by atoms with van der Waals surface area (Å²) >= 11 is 0.934. The van der Waals surface area contributed by atoms with Crippen molar-refractivity contribution in [3.63, 3.8) is 0 Å².